The summed E-state index contributed by atoms with van der Waals surface area (Å²) in [4.78, 5) is 11.9. The van der Waals surface area contributed by atoms with Gasteiger partial charge in [-0.2, -0.15) is 0 Å². The van der Waals surface area contributed by atoms with Crippen molar-refractivity contribution in [2.24, 2.45) is 11.8 Å². The molecular formula is C20H27N3O. The van der Waals surface area contributed by atoms with E-state index >= 15 is 0 Å². The van der Waals surface area contributed by atoms with Gasteiger partial charge in [-0.15, -0.1) is 0 Å². The van der Waals surface area contributed by atoms with Crippen LogP contribution in [0.15, 0.2) is 24.3 Å². The number of aryl methyl sites for hydroxylation is 1. The average Bonchev–Trinajstić information content (AvgIpc) is 2.61. The Hall–Kier alpha value is -2.10. The Kier molecular flexibility index (Phi) is 4.74. The van der Waals surface area contributed by atoms with E-state index in [-0.39, 0.29) is 0 Å². The van der Waals surface area contributed by atoms with Gasteiger partial charge in [0.1, 0.15) is 17.4 Å². The molecule has 2 aromatic rings. The normalized spacial score (nSPS) is 19.7. The van der Waals surface area contributed by atoms with Gasteiger partial charge in [-0.05, 0) is 48.9 Å². The molecular weight excluding hydrogens is 298 g/mol. The van der Waals surface area contributed by atoms with Crippen LogP contribution in [-0.4, -0.2) is 24.1 Å². The number of aromatic nitrogens is 2. The van der Waals surface area contributed by atoms with Crippen LogP contribution in [0.1, 0.15) is 37.9 Å². The SMILES string of the molecule is CCc1nc2c(c(N(C)c3ccc(OC)cc3)n1)CC(C)C(C)C2. The van der Waals surface area contributed by atoms with Crippen LogP contribution in [0.3, 0.4) is 0 Å². The van der Waals surface area contributed by atoms with Gasteiger partial charge >= 0.3 is 0 Å². The molecule has 4 heteroatoms. The average molecular weight is 325 g/mol. The van der Waals surface area contributed by atoms with Gasteiger partial charge in [0.25, 0.3) is 0 Å². The summed E-state index contributed by atoms with van der Waals surface area (Å²) in [6, 6.07) is 8.14. The van der Waals surface area contributed by atoms with E-state index in [0.29, 0.717) is 11.8 Å². The minimum absolute atomic E-state index is 0.664. The second-order valence-electron chi connectivity index (χ2n) is 6.86. The molecule has 128 valence electrons. The molecule has 1 aromatic heterocycles. The van der Waals surface area contributed by atoms with E-state index in [1.165, 1.54) is 11.3 Å². The molecule has 2 atom stereocenters. The lowest BCUT2D eigenvalue weighted by Crippen LogP contribution is -2.26. The molecule has 0 N–H and O–H groups in total. The maximum Gasteiger partial charge on any atom is 0.139 e. The third kappa shape index (κ3) is 3.10. The maximum atomic E-state index is 5.26. The van der Waals surface area contributed by atoms with Crippen LogP contribution in [0.25, 0.3) is 0 Å². The molecule has 0 saturated carbocycles. The van der Waals surface area contributed by atoms with Crippen molar-refractivity contribution in [3.05, 3.63) is 41.3 Å². The van der Waals surface area contributed by atoms with E-state index < -0.39 is 0 Å². The first kappa shape index (κ1) is 16.7. The first-order valence-electron chi connectivity index (χ1n) is 8.79. The zero-order valence-corrected chi connectivity index (χ0v) is 15.3. The minimum Gasteiger partial charge on any atom is -0.497 e. The van der Waals surface area contributed by atoms with E-state index in [0.717, 1.165) is 42.3 Å². The molecule has 1 aliphatic carbocycles. The molecule has 0 spiro atoms. The zero-order valence-electron chi connectivity index (χ0n) is 15.3. The van der Waals surface area contributed by atoms with Crippen molar-refractivity contribution in [1.29, 1.82) is 0 Å². The standard InChI is InChI=1S/C20H27N3O/c1-6-19-21-18-12-14(3)13(2)11-17(18)20(22-19)23(4)15-7-9-16(24-5)10-8-15/h7-10,13-14H,6,11-12H2,1-5H3. The van der Waals surface area contributed by atoms with Gasteiger partial charge in [0.2, 0.25) is 0 Å². The Morgan fingerprint density at radius 3 is 2.38 bits per heavy atom. The summed E-state index contributed by atoms with van der Waals surface area (Å²) in [6.07, 6.45) is 2.96. The molecule has 1 aliphatic rings. The molecule has 0 saturated heterocycles. The van der Waals surface area contributed by atoms with Crippen molar-refractivity contribution in [2.75, 3.05) is 19.1 Å². The van der Waals surface area contributed by atoms with E-state index in [2.05, 4.69) is 44.9 Å². The molecule has 0 radical (unpaired) electrons. The van der Waals surface area contributed by atoms with Crippen molar-refractivity contribution >= 4 is 11.5 Å². The molecule has 1 aromatic carbocycles. The van der Waals surface area contributed by atoms with E-state index in [4.69, 9.17) is 14.7 Å². The first-order chi connectivity index (χ1) is 11.5. The molecule has 4 nitrogen and oxygen atoms in total. The Balaban J connectivity index is 2.03. The second kappa shape index (κ2) is 6.80. The Labute approximate surface area is 144 Å². The number of methoxy groups -OCH3 is 1. The smallest absolute Gasteiger partial charge is 0.139 e. The summed E-state index contributed by atoms with van der Waals surface area (Å²) in [6.45, 7) is 6.78. The Morgan fingerprint density at radius 1 is 1.08 bits per heavy atom. The molecule has 1 heterocycles. The van der Waals surface area contributed by atoms with Crippen molar-refractivity contribution < 1.29 is 4.74 Å². The molecule has 0 fully saturated rings. The summed E-state index contributed by atoms with van der Waals surface area (Å²) < 4.78 is 5.26. The minimum atomic E-state index is 0.664. The number of ether oxygens (including phenoxy) is 1. The Morgan fingerprint density at radius 2 is 1.75 bits per heavy atom. The van der Waals surface area contributed by atoms with Crippen molar-refractivity contribution in [3.63, 3.8) is 0 Å². The fourth-order valence-electron chi connectivity index (χ4n) is 3.34. The van der Waals surface area contributed by atoms with E-state index in [9.17, 15) is 0 Å². The number of fused-ring (bicyclic) bond motifs is 1. The fraction of sp³-hybridized carbons (Fsp3) is 0.500. The number of nitrogens with zero attached hydrogens (tertiary/aromatic N) is 3. The molecule has 24 heavy (non-hydrogen) atoms. The Bertz CT molecular complexity index is 712. The lowest BCUT2D eigenvalue weighted by Gasteiger charge is -2.31. The van der Waals surface area contributed by atoms with Gasteiger partial charge in [0.05, 0.1) is 7.11 Å². The van der Waals surface area contributed by atoms with Gasteiger partial charge < -0.3 is 9.64 Å². The number of hydrogen-bond donors (Lipinski definition) is 0. The summed E-state index contributed by atoms with van der Waals surface area (Å²) >= 11 is 0. The van der Waals surface area contributed by atoms with Gasteiger partial charge in [-0.3, -0.25) is 0 Å². The summed E-state index contributed by atoms with van der Waals surface area (Å²) in [5, 5.41) is 0. The van der Waals surface area contributed by atoms with Crippen LogP contribution in [0.2, 0.25) is 0 Å². The second-order valence-corrected chi connectivity index (χ2v) is 6.86. The molecule has 0 amide bonds. The fourth-order valence-corrected chi connectivity index (χ4v) is 3.34. The number of anilines is 2. The summed E-state index contributed by atoms with van der Waals surface area (Å²) in [5.74, 6) is 4.20. The lowest BCUT2D eigenvalue weighted by atomic mass is 9.80. The zero-order chi connectivity index (χ0) is 17.3. The maximum absolute atomic E-state index is 5.26. The molecule has 3 rings (SSSR count). The van der Waals surface area contributed by atoms with Crippen molar-refractivity contribution in [3.8, 4) is 5.75 Å². The predicted octanol–water partition coefficient (Wildman–Crippen LogP) is 4.19. The summed E-state index contributed by atoms with van der Waals surface area (Å²) in [5.41, 5.74) is 3.67. The third-order valence-electron chi connectivity index (χ3n) is 5.22. The molecule has 0 bridgehead atoms. The molecule has 0 aliphatic heterocycles. The van der Waals surface area contributed by atoms with Crippen molar-refractivity contribution in [1.82, 2.24) is 9.97 Å². The number of hydrogen-bond acceptors (Lipinski definition) is 4. The van der Waals surface area contributed by atoms with E-state index in [1.807, 2.05) is 12.1 Å². The number of benzene rings is 1. The molecule has 2 unspecified atom stereocenters. The largest absolute Gasteiger partial charge is 0.497 e. The van der Waals surface area contributed by atoms with Gasteiger partial charge in [-0.25, -0.2) is 9.97 Å². The van der Waals surface area contributed by atoms with Crippen molar-refractivity contribution in [2.45, 2.75) is 40.0 Å². The number of rotatable bonds is 4. The van der Waals surface area contributed by atoms with Crippen LogP contribution in [-0.2, 0) is 19.3 Å². The van der Waals surface area contributed by atoms with Crippen LogP contribution in [0.4, 0.5) is 11.5 Å². The first-order valence-corrected chi connectivity index (χ1v) is 8.79. The van der Waals surface area contributed by atoms with Crippen LogP contribution in [0.5, 0.6) is 5.75 Å². The highest BCUT2D eigenvalue weighted by Gasteiger charge is 2.28. The van der Waals surface area contributed by atoms with Gasteiger partial charge in [-0.1, -0.05) is 20.8 Å². The monoisotopic (exact) mass is 325 g/mol. The summed E-state index contributed by atoms with van der Waals surface area (Å²) in [7, 11) is 3.78. The van der Waals surface area contributed by atoms with E-state index in [1.54, 1.807) is 7.11 Å². The van der Waals surface area contributed by atoms with Crippen LogP contribution < -0.4 is 9.64 Å². The highest BCUT2D eigenvalue weighted by molar-refractivity contribution is 5.64. The van der Waals surface area contributed by atoms with Gasteiger partial charge in [0, 0.05) is 30.4 Å². The third-order valence-corrected chi connectivity index (χ3v) is 5.22. The lowest BCUT2D eigenvalue weighted by molar-refractivity contribution is 0.355. The van der Waals surface area contributed by atoms with Gasteiger partial charge in [0.15, 0.2) is 0 Å². The highest BCUT2D eigenvalue weighted by Crippen LogP contribution is 2.36. The highest BCUT2D eigenvalue weighted by atomic mass is 16.5. The quantitative estimate of drug-likeness (QED) is 0.845. The van der Waals surface area contributed by atoms with Crippen LogP contribution >= 0.6 is 0 Å². The predicted molar refractivity (Wildman–Crippen MR) is 98.2 cm³/mol. The van der Waals surface area contributed by atoms with Crippen LogP contribution in [0, 0.1) is 11.8 Å². The topological polar surface area (TPSA) is 38.2 Å².